The van der Waals surface area contributed by atoms with Crippen molar-refractivity contribution in [3.05, 3.63) is 86.7 Å². The zero-order valence-electron chi connectivity index (χ0n) is 15.3. The van der Waals surface area contributed by atoms with Crippen LogP contribution in [0.2, 0.25) is 5.02 Å². The monoisotopic (exact) mass is 453 g/mol. The predicted octanol–water partition coefficient (Wildman–Crippen LogP) is 5.21. The molecule has 0 spiro atoms. The lowest BCUT2D eigenvalue weighted by atomic mass is 10.1. The van der Waals surface area contributed by atoms with E-state index in [9.17, 15) is 28.1 Å². The molecule has 2 aromatic carbocycles. The minimum atomic E-state index is -4.59. The highest BCUT2D eigenvalue weighted by atomic mass is 35.5. The first-order valence-electron chi connectivity index (χ1n) is 8.41. The molecule has 31 heavy (non-hydrogen) atoms. The number of hydrogen-bond donors (Lipinski definition) is 0. The highest BCUT2D eigenvalue weighted by Crippen LogP contribution is 2.37. The fourth-order valence-electron chi connectivity index (χ4n) is 2.42. The molecule has 0 fully saturated rings. The third kappa shape index (κ3) is 5.45. The van der Waals surface area contributed by atoms with Crippen LogP contribution in [0.3, 0.4) is 0 Å². The van der Waals surface area contributed by atoms with Gasteiger partial charge in [-0.15, -0.1) is 0 Å². The molecule has 0 N–H and O–H groups in total. The molecule has 0 atom stereocenters. The number of hydrogen-bond acceptors (Lipinski definition) is 7. The molecule has 160 valence electrons. The van der Waals surface area contributed by atoms with Gasteiger partial charge in [-0.25, -0.2) is 4.79 Å². The Bertz CT molecular complexity index is 1130. The Morgan fingerprint density at radius 1 is 1.13 bits per heavy atom. The summed E-state index contributed by atoms with van der Waals surface area (Å²) in [5, 5.41) is 18.1. The minimum absolute atomic E-state index is 0.0650. The summed E-state index contributed by atoms with van der Waals surface area (Å²) in [6, 6.07) is 7.22. The van der Waals surface area contributed by atoms with Crippen molar-refractivity contribution in [1.29, 1.82) is 0 Å². The van der Waals surface area contributed by atoms with Crippen molar-refractivity contribution in [2.45, 2.75) is 12.8 Å². The van der Waals surface area contributed by atoms with Crippen molar-refractivity contribution in [3.8, 4) is 11.5 Å². The summed E-state index contributed by atoms with van der Waals surface area (Å²) >= 11 is 5.85. The molecule has 1 aromatic heterocycles. The first-order chi connectivity index (χ1) is 14.6. The van der Waals surface area contributed by atoms with E-state index in [1.807, 2.05) is 0 Å². The molecule has 8 nitrogen and oxygen atoms in total. The Morgan fingerprint density at radius 2 is 1.90 bits per heavy atom. The number of alkyl halides is 3. The number of nitro groups is 1. The summed E-state index contributed by atoms with van der Waals surface area (Å²) in [6.07, 6.45) is -1.85. The average molecular weight is 454 g/mol. The summed E-state index contributed by atoms with van der Waals surface area (Å²) in [7, 11) is 0. The largest absolute Gasteiger partial charge is 0.457 e. The fourth-order valence-corrected chi connectivity index (χ4v) is 2.64. The Hall–Kier alpha value is -3.73. The SMILES string of the molecule is O=C(OCc1ccnnc1)c1cc(Oc2ccc(C(F)(F)F)cc2Cl)ccc1[N+](=O)[O-]. The molecular formula is C19H11ClF3N3O5. The van der Waals surface area contributed by atoms with Gasteiger partial charge in [0, 0.05) is 23.9 Å². The second kappa shape index (κ2) is 8.96. The third-order valence-electron chi connectivity index (χ3n) is 3.89. The molecule has 3 rings (SSSR count). The van der Waals surface area contributed by atoms with Crippen LogP contribution in [0.15, 0.2) is 54.9 Å². The van der Waals surface area contributed by atoms with Gasteiger partial charge in [0.2, 0.25) is 0 Å². The van der Waals surface area contributed by atoms with Crippen molar-refractivity contribution in [3.63, 3.8) is 0 Å². The quantitative estimate of drug-likeness (QED) is 0.287. The van der Waals surface area contributed by atoms with Crippen LogP contribution >= 0.6 is 11.6 Å². The first kappa shape index (κ1) is 22.0. The number of carbonyl (C=O) groups is 1. The summed E-state index contributed by atoms with van der Waals surface area (Å²) < 4.78 is 48.8. The number of aromatic nitrogens is 2. The molecule has 0 radical (unpaired) electrons. The van der Waals surface area contributed by atoms with Gasteiger partial charge < -0.3 is 9.47 Å². The van der Waals surface area contributed by atoms with Crippen LogP contribution < -0.4 is 4.74 Å². The summed E-state index contributed by atoms with van der Waals surface area (Å²) in [5.41, 5.74) is -1.41. The minimum Gasteiger partial charge on any atom is -0.457 e. The zero-order valence-corrected chi connectivity index (χ0v) is 16.1. The topological polar surface area (TPSA) is 104 Å². The van der Waals surface area contributed by atoms with Crippen molar-refractivity contribution >= 4 is 23.3 Å². The Balaban J connectivity index is 1.84. The number of carbonyl (C=O) groups excluding carboxylic acids is 1. The lowest BCUT2D eigenvalue weighted by molar-refractivity contribution is -0.385. The van der Waals surface area contributed by atoms with Gasteiger partial charge in [0.1, 0.15) is 23.7 Å². The normalized spacial score (nSPS) is 11.1. The van der Waals surface area contributed by atoms with Gasteiger partial charge >= 0.3 is 12.1 Å². The second-order valence-electron chi connectivity index (χ2n) is 6.01. The van der Waals surface area contributed by atoms with Gasteiger partial charge in [-0.3, -0.25) is 10.1 Å². The number of nitro benzene ring substituents is 1. The van der Waals surface area contributed by atoms with Crippen molar-refractivity contribution in [1.82, 2.24) is 10.2 Å². The maximum atomic E-state index is 12.8. The molecule has 1 heterocycles. The van der Waals surface area contributed by atoms with Gasteiger partial charge in [0.25, 0.3) is 5.69 Å². The van der Waals surface area contributed by atoms with Gasteiger partial charge in [0.05, 0.1) is 21.7 Å². The highest BCUT2D eigenvalue weighted by molar-refractivity contribution is 6.32. The van der Waals surface area contributed by atoms with Crippen LogP contribution in [-0.2, 0) is 17.5 Å². The summed E-state index contributed by atoms with van der Waals surface area (Å²) in [6.45, 7) is -0.207. The van der Waals surface area contributed by atoms with E-state index in [2.05, 4.69) is 10.2 Å². The lowest BCUT2D eigenvalue weighted by Gasteiger charge is -2.12. The van der Waals surface area contributed by atoms with E-state index in [0.717, 1.165) is 24.3 Å². The Morgan fingerprint density at radius 3 is 2.52 bits per heavy atom. The molecule has 12 heteroatoms. The number of rotatable bonds is 6. The Kier molecular flexibility index (Phi) is 6.35. The molecule has 3 aromatic rings. The number of halogens is 4. The van der Waals surface area contributed by atoms with E-state index >= 15 is 0 Å². The molecule has 0 aliphatic carbocycles. The van der Waals surface area contributed by atoms with Gasteiger partial charge in [-0.2, -0.15) is 23.4 Å². The standard InChI is InChI=1S/C19H11ClF3N3O5/c20-15-7-12(19(21,22)23)1-4-17(15)31-13-2-3-16(26(28)29)14(8-13)18(27)30-10-11-5-6-24-25-9-11/h1-9H,10H2. The van der Waals surface area contributed by atoms with E-state index in [1.165, 1.54) is 18.5 Å². The van der Waals surface area contributed by atoms with Crippen LogP contribution in [-0.4, -0.2) is 21.1 Å². The third-order valence-corrected chi connectivity index (χ3v) is 4.18. The first-order valence-corrected chi connectivity index (χ1v) is 8.78. The molecule has 0 unspecified atom stereocenters. The Labute approximate surface area is 177 Å². The van der Waals surface area contributed by atoms with Crippen molar-refractivity contribution in [2.75, 3.05) is 0 Å². The zero-order chi connectivity index (χ0) is 22.6. The molecule has 0 aliphatic heterocycles. The van der Waals surface area contributed by atoms with Crippen LogP contribution in [0.4, 0.5) is 18.9 Å². The van der Waals surface area contributed by atoms with Crippen LogP contribution in [0.1, 0.15) is 21.5 Å². The molecule has 0 amide bonds. The maximum absolute atomic E-state index is 12.8. The molecule has 0 saturated heterocycles. The van der Waals surface area contributed by atoms with E-state index < -0.39 is 33.9 Å². The number of ether oxygens (including phenoxy) is 2. The van der Waals surface area contributed by atoms with Crippen molar-refractivity contribution in [2.24, 2.45) is 0 Å². The fraction of sp³-hybridized carbons (Fsp3) is 0.105. The van der Waals surface area contributed by atoms with Crippen LogP contribution in [0.25, 0.3) is 0 Å². The summed E-state index contributed by atoms with van der Waals surface area (Å²) in [4.78, 5) is 22.9. The predicted molar refractivity (Wildman–Crippen MR) is 101 cm³/mol. The lowest BCUT2D eigenvalue weighted by Crippen LogP contribution is -2.09. The number of esters is 1. The average Bonchev–Trinajstić information content (AvgIpc) is 2.73. The molecule has 0 aliphatic rings. The number of benzene rings is 2. The molecule has 0 bridgehead atoms. The van der Waals surface area contributed by atoms with E-state index in [4.69, 9.17) is 21.1 Å². The molecular weight excluding hydrogens is 443 g/mol. The summed E-state index contributed by atoms with van der Waals surface area (Å²) in [5.74, 6) is -1.21. The smallest absolute Gasteiger partial charge is 0.416 e. The van der Waals surface area contributed by atoms with Gasteiger partial charge in [-0.1, -0.05) is 11.6 Å². The molecule has 0 saturated carbocycles. The van der Waals surface area contributed by atoms with E-state index in [1.54, 1.807) is 6.07 Å². The maximum Gasteiger partial charge on any atom is 0.416 e. The van der Waals surface area contributed by atoms with E-state index in [-0.39, 0.29) is 23.1 Å². The van der Waals surface area contributed by atoms with Gasteiger partial charge in [-0.05, 0) is 30.3 Å². The van der Waals surface area contributed by atoms with Gasteiger partial charge in [0.15, 0.2) is 0 Å². The second-order valence-corrected chi connectivity index (χ2v) is 6.42. The van der Waals surface area contributed by atoms with Crippen LogP contribution in [0.5, 0.6) is 11.5 Å². The van der Waals surface area contributed by atoms with Crippen LogP contribution in [0, 0.1) is 10.1 Å². The van der Waals surface area contributed by atoms with Crippen molar-refractivity contribution < 1.29 is 32.4 Å². The van der Waals surface area contributed by atoms with E-state index in [0.29, 0.717) is 11.6 Å². The highest BCUT2D eigenvalue weighted by Gasteiger charge is 2.31. The number of nitrogens with zero attached hydrogens (tertiary/aromatic N) is 3.